The van der Waals surface area contributed by atoms with E-state index in [1.807, 2.05) is 78.9 Å². The van der Waals surface area contributed by atoms with Gasteiger partial charge >= 0.3 is 0 Å². The largest absolute Gasteiger partial charge is 0.455 e. The molecular formula is C52H35N3O. The third kappa shape index (κ3) is 4.96. The molecule has 0 N–H and O–H groups in total. The van der Waals surface area contributed by atoms with Crippen LogP contribution >= 0.6 is 0 Å². The predicted octanol–water partition coefficient (Wildman–Crippen LogP) is 13.6. The van der Waals surface area contributed by atoms with Gasteiger partial charge in [0.05, 0.1) is 12.4 Å². The summed E-state index contributed by atoms with van der Waals surface area (Å²) in [6, 6.07) is 47.1. The van der Waals surface area contributed by atoms with Crippen molar-refractivity contribution < 1.29 is 11.3 Å². The van der Waals surface area contributed by atoms with Crippen molar-refractivity contribution in [2.45, 2.75) is 19.3 Å². The lowest BCUT2D eigenvalue weighted by Crippen LogP contribution is -2.14. The molecule has 0 unspecified atom stereocenters. The molecule has 264 valence electrons. The Bertz CT molecular complexity index is 3420. The van der Waals surface area contributed by atoms with E-state index in [-0.39, 0.29) is 35.1 Å². The maximum absolute atomic E-state index is 8.86. The highest BCUT2D eigenvalue weighted by atomic mass is 16.3. The first-order chi connectivity index (χ1) is 29.6. The number of nitrogens with zero attached hydrogens (tertiary/aromatic N) is 3. The van der Waals surface area contributed by atoms with Gasteiger partial charge in [-0.1, -0.05) is 178 Å². The standard InChI is InChI=1S/C52H35N3O/c1-52(2)44-25-12-11-21-39(44)46-40(23-14-26-45(46)52)50-53-49(35-29-27-33(28-30-35)32-15-5-3-6-16-32)54-51(55-50)41-24-13-22-38-43-31-42(34-17-7-4-8-18-34)36-19-9-10-20-37(36)48(43)56-47(38)41/h3-31H,1-2H3/i4D,7D,8D,17D,18D. The molecule has 0 aliphatic heterocycles. The molecule has 0 saturated carbocycles. The Kier molecular flexibility index (Phi) is 6.09. The Morgan fingerprint density at radius 2 is 1.00 bits per heavy atom. The summed E-state index contributed by atoms with van der Waals surface area (Å²) in [5.74, 6) is 1.50. The van der Waals surface area contributed by atoms with Crippen LogP contribution in [0, 0.1) is 0 Å². The van der Waals surface area contributed by atoms with Crippen molar-refractivity contribution in [3.8, 4) is 67.5 Å². The van der Waals surface area contributed by atoms with E-state index in [0.29, 0.717) is 45.2 Å². The number of benzene rings is 8. The number of furan rings is 1. The molecule has 56 heavy (non-hydrogen) atoms. The first kappa shape index (κ1) is 27.4. The van der Waals surface area contributed by atoms with Crippen molar-refractivity contribution in [3.63, 3.8) is 0 Å². The van der Waals surface area contributed by atoms with Crippen LogP contribution < -0.4 is 0 Å². The van der Waals surface area contributed by atoms with Crippen molar-refractivity contribution in [1.29, 1.82) is 0 Å². The zero-order valence-electron chi connectivity index (χ0n) is 35.6. The molecule has 4 heteroatoms. The third-order valence-corrected chi connectivity index (χ3v) is 11.2. The Morgan fingerprint density at radius 3 is 1.82 bits per heavy atom. The van der Waals surface area contributed by atoms with E-state index in [1.54, 1.807) is 0 Å². The molecule has 0 spiro atoms. The van der Waals surface area contributed by atoms with Gasteiger partial charge in [-0.15, -0.1) is 0 Å². The minimum atomic E-state index is -0.431. The van der Waals surface area contributed by atoms with Crippen molar-refractivity contribution in [2.24, 2.45) is 0 Å². The summed E-state index contributed by atoms with van der Waals surface area (Å²) in [6.07, 6.45) is 0. The van der Waals surface area contributed by atoms with Crippen LogP contribution in [0.3, 0.4) is 0 Å². The van der Waals surface area contributed by atoms with Gasteiger partial charge in [0.2, 0.25) is 0 Å². The molecule has 0 atom stereocenters. The van der Waals surface area contributed by atoms with Gasteiger partial charge in [0, 0.05) is 32.7 Å². The smallest absolute Gasteiger partial charge is 0.167 e. The minimum Gasteiger partial charge on any atom is -0.455 e. The molecule has 11 rings (SSSR count). The van der Waals surface area contributed by atoms with Gasteiger partial charge in [0.1, 0.15) is 11.2 Å². The number of fused-ring (bicyclic) bond motifs is 8. The zero-order chi connectivity index (χ0) is 41.7. The highest BCUT2D eigenvalue weighted by Crippen LogP contribution is 2.52. The van der Waals surface area contributed by atoms with E-state index < -0.39 is 6.04 Å². The molecular weight excluding hydrogens is 683 g/mol. The second kappa shape index (κ2) is 12.4. The molecule has 2 heterocycles. The zero-order valence-corrected chi connectivity index (χ0v) is 30.6. The first-order valence-electron chi connectivity index (χ1n) is 21.2. The predicted molar refractivity (Wildman–Crippen MR) is 229 cm³/mol. The van der Waals surface area contributed by atoms with Crippen LogP contribution in [-0.4, -0.2) is 15.0 Å². The van der Waals surface area contributed by atoms with E-state index in [4.69, 9.17) is 26.2 Å². The van der Waals surface area contributed by atoms with E-state index >= 15 is 0 Å². The Morgan fingerprint density at radius 1 is 0.429 bits per heavy atom. The van der Waals surface area contributed by atoms with Gasteiger partial charge < -0.3 is 4.42 Å². The average Bonchev–Trinajstić information content (AvgIpc) is 3.80. The van der Waals surface area contributed by atoms with Crippen LogP contribution in [0.5, 0.6) is 0 Å². The summed E-state index contributed by atoms with van der Waals surface area (Å²) in [6.45, 7) is 4.52. The summed E-state index contributed by atoms with van der Waals surface area (Å²) in [7, 11) is 0. The molecule has 0 fully saturated rings. The molecule has 0 amide bonds. The van der Waals surface area contributed by atoms with Crippen LogP contribution in [-0.2, 0) is 5.41 Å². The molecule has 2 aromatic heterocycles. The van der Waals surface area contributed by atoms with Gasteiger partial charge in [-0.3, -0.25) is 0 Å². The summed E-state index contributed by atoms with van der Waals surface area (Å²) in [5, 5.41) is 2.97. The lowest BCUT2D eigenvalue weighted by Gasteiger charge is -2.21. The Labute approximate surface area is 331 Å². The lowest BCUT2D eigenvalue weighted by molar-refractivity contribution is 0.660. The quantitative estimate of drug-likeness (QED) is 0.177. The van der Waals surface area contributed by atoms with Gasteiger partial charge in [-0.05, 0) is 62.0 Å². The molecule has 1 aliphatic carbocycles. The molecule has 4 nitrogen and oxygen atoms in total. The minimum absolute atomic E-state index is 0.139. The van der Waals surface area contributed by atoms with E-state index in [9.17, 15) is 0 Å². The fourth-order valence-electron chi connectivity index (χ4n) is 8.52. The fourth-order valence-corrected chi connectivity index (χ4v) is 8.52. The SMILES string of the molecule is [2H]c1c([2H])c([2H])c(-c2cc3c4cccc(-c5nc(-c6ccc(-c7ccccc7)cc6)nc(-c6cccc7c6-c6ccccc6C7(C)C)n5)c4oc3c3ccccc23)c([2H])c1[2H]. The molecule has 0 bridgehead atoms. The van der Waals surface area contributed by atoms with Crippen LogP contribution in [0.15, 0.2) is 180 Å². The van der Waals surface area contributed by atoms with Crippen LogP contribution in [0.1, 0.15) is 31.8 Å². The maximum atomic E-state index is 8.86. The summed E-state index contributed by atoms with van der Waals surface area (Å²) < 4.78 is 49.7. The highest BCUT2D eigenvalue weighted by Gasteiger charge is 2.37. The number of para-hydroxylation sites is 1. The van der Waals surface area contributed by atoms with E-state index in [2.05, 4.69) is 80.6 Å². The lowest BCUT2D eigenvalue weighted by atomic mass is 9.82. The molecule has 1 aliphatic rings. The van der Waals surface area contributed by atoms with Crippen molar-refractivity contribution in [1.82, 2.24) is 15.0 Å². The Hall–Kier alpha value is -7.17. The normalized spacial score (nSPS) is 14.2. The summed E-state index contributed by atoms with van der Waals surface area (Å²) >= 11 is 0. The molecule has 0 saturated heterocycles. The van der Waals surface area contributed by atoms with Gasteiger partial charge in [0.25, 0.3) is 0 Å². The summed E-state index contributed by atoms with van der Waals surface area (Å²) in [4.78, 5) is 15.7. The highest BCUT2D eigenvalue weighted by molar-refractivity contribution is 6.20. The molecule has 10 aromatic rings. The second-order valence-electron chi connectivity index (χ2n) is 14.8. The van der Waals surface area contributed by atoms with E-state index in [1.165, 1.54) is 11.1 Å². The van der Waals surface area contributed by atoms with Crippen LogP contribution in [0.2, 0.25) is 0 Å². The van der Waals surface area contributed by atoms with Crippen LogP contribution in [0.25, 0.3) is 100 Å². The maximum Gasteiger partial charge on any atom is 0.167 e. The Balaban J connectivity index is 1.16. The first-order valence-corrected chi connectivity index (χ1v) is 18.7. The molecule has 8 aromatic carbocycles. The third-order valence-electron chi connectivity index (χ3n) is 11.2. The van der Waals surface area contributed by atoms with Crippen molar-refractivity contribution in [2.75, 3.05) is 0 Å². The number of aromatic nitrogens is 3. The number of hydrogen-bond donors (Lipinski definition) is 0. The summed E-state index contributed by atoms with van der Waals surface area (Å²) in [5.41, 5.74) is 11.0. The van der Waals surface area contributed by atoms with Crippen LogP contribution in [0.4, 0.5) is 0 Å². The molecule has 0 radical (unpaired) electrons. The number of rotatable bonds is 5. The van der Waals surface area contributed by atoms with Gasteiger partial charge in [0.15, 0.2) is 17.5 Å². The second-order valence-corrected chi connectivity index (χ2v) is 14.8. The van der Waals surface area contributed by atoms with Crippen molar-refractivity contribution >= 4 is 32.7 Å². The van der Waals surface area contributed by atoms with E-state index in [0.717, 1.165) is 49.5 Å². The van der Waals surface area contributed by atoms with Gasteiger partial charge in [-0.2, -0.15) is 0 Å². The monoisotopic (exact) mass is 722 g/mol. The number of hydrogen-bond acceptors (Lipinski definition) is 4. The average molecular weight is 723 g/mol. The topological polar surface area (TPSA) is 51.8 Å². The van der Waals surface area contributed by atoms with Crippen molar-refractivity contribution in [3.05, 3.63) is 187 Å². The fraction of sp³-hybridized carbons (Fsp3) is 0.0577. The van der Waals surface area contributed by atoms with Gasteiger partial charge in [-0.25, -0.2) is 15.0 Å².